The van der Waals surface area contributed by atoms with Crippen LogP contribution in [0.4, 0.5) is 13.2 Å². The van der Waals surface area contributed by atoms with Crippen molar-refractivity contribution in [2.75, 3.05) is 19.8 Å². The third-order valence-corrected chi connectivity index (χ3v) is 4.30. The first-order chi connectivity index (χ1) is 11.2. The molecule has 1 aliphatic rings. The molecule has 2 N–H and O–H groups in total. The maximum atomic E-state index is 12.6. The van der Waals surface area contributed by atoms with Crippen LogP contribution in [0.1, 0.15) is 30.9 Å². The van der Waals surface area contributed by atoms with Crippen molar-refractivity contribution in [2.24, 2.45) is 5.92 Å². The smallest absolute Gasteiger partial charge is 0.386 e. The molecule has 2 rings (SSSR count). The summed E-state index contributed by atoms with van der Waals surface area (Å²) in [6, 6.07) is 4.85. The van der Waals surface area contributed by atoms with Gasteiger partial charge in [0.1, 0.15) is 5.60 Å². The van der Waals surface area contributed by atoms with Gasteiger partial charge in [-0.05, 0) is 30.5 Å². The van der Waals surface area contributed by atoms with E-state index in [1.807, 2.05) is 6.92 Å². The lowest BCUT2D eigenvalue weighted by Gasteiger charge is -2.23. The molecule has 1 amide bonds. The van der Waals surface area contributed by atoms with Gasteiger partial charge in [0, 0.05) is 25.5 Å². The van der Waals surface area contributed by atoms with Crippen molar-refractivity contribution in [1.29, 1.82) is 0 Å². The number of benzene rings is 1. The summed E-state index contributed by atoms with van der Waals surface area (Å²) in [6.45, 7) is 2.63. The van der Waals surface area contributed by atoms with Gasteiger partial charge in [-0.25, -0.2) is 0 Å². The molecule has 0 saturated carbocycles. The number of carbonyl (C=O) groups is 1. The van der Waals surface area contributed by atoms with E-state index < -0.39 is 17.3 Å². The molecule has 24 heavy (non-hydrogen) atoms. The van der Waals surface area contributed by atoms with Crippen molar-refractivity contribution >= 4 is 5.91 Å². The summed E-state index contributed by atoms with van der Waals surface area (Å²) >= 11 is 0. The summed E-state index contributed by atoms with van der Waals surface area (Å²) in [5.41, 5.74) is -1.05. The van der Waals surface area contributed by atoms with Crippen LogP contribution in [0.15, 0.2) is 24.3 Å². The molecule has 0 spiro atoms. The number of alkyl halides is 3. The van der Waals surface area contributed by atoms with Crippen molar-refractivity contribution in [3.63, 3.8) is 0 Å². The molecule has 134 valence electrons. The van der Waals surface area contributed by atoms with Gasteiger partial charge in [0.2, 0.25) is 5.91 Å². The summed E-state index contributed by atoms with van der Waals surface area (Å²) in [5, 5.41) is 12.9. The number of hydrogen-bond acceptors (Lipinski definition) is 3. The van der Waals surface area contributed by atoms with Gasteiger partial charge in [-0.2, -0.15) is 13.2 Å². The molecule has 1 heterocycles. The van der Waals surface area contributed by atoms with E-state index in [0.29, 0.717) is 31.4 Å². The van der Waals surface area contributed by atoms with Gasteiger partial charge in [-0.3, -0.25) is 4.79 Å². The quantitative estimate of drug-likeness (QED) is 0.833. The minimum atomic E-state index is -4.36. The average molecular weight is 345 g/mol. The Kier molecular flexibility index (Phi) is 5.87. The number of nitrogens with one attached hydrogen (secondary N) is 1. The third-order valence-electron chi connectivity index (χ3n) is 4.30. The summed E-state index contributed by atoms with van der Waals surface area (Å²) in [6.07, 6.45) is -2.97. The van der Waals surface area contributed by atoms with E-state index >= 15 is 0 Å². The topological polar surface area (TPSA) is 58.6 Å². The highest BCUT2D eigenvalue weighted by molar-refractivity contribution is 5.79. The minimum absolute atomic E-state index is 0.120. The minimum Gasteiger partial charge on any atom is -0.386 e. The van der Waals surface area contributed by atoms with Crippen LogP contribution in [0.25, 0.3) is 0 Å². The first-order valence-corrected chi connectivity index (χ1v) is 7.97. The third kappa shape index (κ3) is 4.95. The number of ether oxygens (including phenoxy) is 1. The molecule has 7 heteroatoms. The zero-order chi connectivity index (χ0) is 17.8. The van der Waals surface area contributed by atoms with Crippen molar-refractivity contribution in [1.82, 2.24) is 5.32 Å². The molecule has 0 aromatic heterocycles. The molecule has 4 nitrogen and oxygen atoms in total. The Morgan fingerprint density at radius 2 is 2.04 bits per heavy atom. The molecule has 1 fully saturated rings. The van der Waals surface area contributed by atoms with Crippen molar-refractivity contribution in [2.45, 2.75) is 38.0 Å². The second-order valence-electron chi connectivity index (χ2n) is 6.25. The van der Waals surface area contributed by atoms with E-state index in [1.54, 1.807) is 0 Å². The molecule has 0 unspecified atom stereocenters. The number of halogens is 3. The molecule has 2 atom stereocenters. The van der Waals surface area contributed by atoms with Crippen molar-refractivity contribution in [3.05, 3.63) is 35.4 Å². The predicted octanol–water partition coefficient (Wildman–Crippen LogP) is 2.54. The maximum absolute atomic E-state index is 12.6. The first-order valence-electron chi connectivity index (χ1n) is 7.97. The number of hydrogen-bond donors (Lipinski definition) is 2. The molecule has 1 aliphatic heterocycles. The van der Waals surface area contributed by atoms with E-state index in [9.17, 15) is 23.1 Å². The van der Waals surface area contributed by atoms with Gasteiger partial charge in [0.05, 0.1) is 12.2 Å². The number of rotatable bonds is 6. The predicted molar refractivity (Wildman–Crippen MR) is 82.3 cm³/mol. The number of amides is 1. The Labute approximate surface area is 139 Å². The van der Waals surface area contributed by atoms with Crippen LogP contribution in [-0.4, -0.2) is 36.4 Å². The van der Waals surface area contributed by atoms with Crippen LogP contribution in [0.2, 0.25) is 0 Å². The molecular weight excluding hydrogens is 323 g/mol. The fraction of sp³-hybridized carbons (Fsp3) is 0.588. The summed E-state index contributed by atoms with van der Waals surface area (Å²) < 4.78 is 42.8. The highest BCUT2D eigenvalue weighted by Crippen LogP contribution is 2.29. The van der Waals surface area contributed by atoms with Crippen LogP contribution in [0.5, 0.6) is 0 Å². The van der Waals surface area contributed by atoms with E-state index in [4.69, 9.17) is 4.74 Å². The molecular formula is C17H22F3NO3. The second-order valence-corrected chi connectivity index (χ2v) is 6.25. The average Bonchev–Trinajstić information content (AvgIpc) is 2.97. The lowest BCUT2D eigenvalue weighted by molar-refractivity contribution is -0.137. The highest BCUT2D eigenvalue weighted by atomic mass is 19.4. The number of carbonyl (C=O) groups excluding carboxylic acids is 1. The largest absolute Gasteiger partial charge is 0.416 e. The normalized spacial score (nSPS) is 22.4. The Balaban J connectivity index is 1.92. The van der Waals surface area contributed by atoms with Gasteiger partial charge in [-0.1, -0.05) is 19.1 Å². The van der Waals surface area contributed by atoms with E-state index in [0.717, 1.165) is 12.1 Å². The lowest BCUT2D eigenvalue weighted by Crippen LogP contribution is -2.45. The summed E-state index contributed by atoms with van der Waals surface area (Å²) in [7, 11) is 0. The fourth-order valence-corrected chi connectivity index (χ4v) is 2.67. The molecule has 0 bridgehead atoms. The monoisotopic (exact) mass is 345 g/mol. The van der Waals surface area contributed by atoms with E-state index in [2.05, 4.69) is 5.32 Å². The fourth-order valence-electron chi connectivity index (χ4n) is 2.67. The summed E-state index contributed by atoms with van der Waals surface area (Å²) in [5.74, 6) is -0.564. The highest BCUT2D eigenvalue weighted by Gasteiger charge is 2.33. The van der Waals surface area contributed by atoms with Gasteiger partial charge in [0.25, 0.3) is 0 Å². The lowest BCUT2D eigenvalue weighted by atomic mass is 9.94. The first kappa shape index (κ1) is 18.7. The van der Waals surface area contributed by atoms with Gasteiger partial charge in [0.15, 0.2) is 0 Å². The van der Waals surface area contributed by atoms with Crippen LogP contribution in [0.3, 0.4) is 0 Å². The Morgan fingerprint density at radius 1 is 1.38 bits per heavy atom. The summed E-state index contributed by atoms with van der Waals surface area (Å²) in [4.78, 5) is 12.3. The van der Waals surface area contributed by atoms with Crippen LogP contribution in [0, 0.1) is 5.92 Å². The van der Waals surface area contributed by atoms with Crippen LogP contribution in [-0.2, 0) is 22.1 Å². The molecule has 0 radical (unpaired) electrons. The zero-order valence-electron chi connectivity index (χ0n) is 13.5. The standard InChI is InChI=1S/C17H22F3NO3/c1-2-13(15(22)21-10-16(23)7-8-24-11-16)9-12-3-5-14(6-4-12)17(18,19)20/h3-6,13,23H,2,7-11H2,1H3,(H,21,22)/t13-,16+/m0/s1. The Hall–Kier alpha value is -1.60. The Morgan fingerprint density at radius 3 is 2.54 bits per heavy atom. The zero-order valence-corrected chi connectivity index (χ0v) is 13.5. The van der Waals surface area contributed by atoms with Crippen LogP contribution < -0.4 is 5.32 Å². The Bertz CT molecular complexity index is 551. The molecule has 1 aromatic carbocycles. The van der Waals surface area contributed by atoms with Gasteiger partial charge >= 0.3 is 6.18 Å². The van der Waals surface area contributed by atoms with Crippen molar-refractivity contribution in [3.8, 4) is 0 Å². The second kappa shape index (κ2) is 7.53. The van der Waals surface area contributed by atoms with E-state index in [1.165, 1.54) is 12.1 Å². The molecule has 1 aromatic rings. The SMILES string of the molecule is CC[C@@H](Cc1ccc(C(F)(F)F)cc1)C(=O)NC[C@]1(O)CCOC1. The molecule has 0 aliphatic carbocycles. The van der Waals surface area contributed by atoms with Gasteiger partial charge < -0.3 is 15.2 Å². The number of aliphatic hydroxyl groups is 1. The van der Waals surface area contributed by atoms with Crippen molar-refractivity contribution < 1.29 is 27.8 Å². The van der Waals surface area contributed by atoms with Crippen LogP contribution >= 0.6 is 0 Å². The van der Waals surface area contributed by atoms with Gasteiger partial charge in [-0.15, -0.1) is 0 Å². The maximum Gasteiger partial charge on any atom is 0.416 e. The molecule has 1 saturated heterocycles. The van der Waals surface area contributed by atoms with E-state index in [-0.39, 0.29) is 25.0 Å².